The van der Waals surface area contributed by atoms with E-state index in [-0.39, 0.29) is 5.97 Å². The number of carbonyl (C=O) groups excluding carboxylic acids is 1. The summed E-state index contributed by atoms with van der Waals surface area (Å²) in [6, 6.07) is 5.64. The predicted molar refractivity (Wildman–Crippen MR) is 76.5 cm³/mol. The van der Waals surface area contributed by atoms with Crippen LogP contribution >= 0.6 is 0 Å². The molecule has 19 heavy (non-hydrogen) atoms. The van der Waals surface area contributed by atoms with E-state index in [4.69, 9.17) is 4.74 Å². The number of fused-ring (bicyclic) bond motifs is 1. The highest BCUT2D eigenvalue weighted by atomic mass is 16.5. The summed E-state index contributed by atoms with van der Waals surface area (Å²) in [4.78, 5) is 17.1. The molecule has 4 nitrogen and oxygen atoms in total. The number of aromatic nitrogens is 1. The molecular weight excluding hydrogens is 240 g/mol. The average Bonchev–Trinajstić information content (AvgIpc) is 2.78. The lowest BCUT2D eigenvalue weighted by Crippen LogP contribution is -2.14. The molecular formula is C15H20N2O2. The van der Waals surface area contributed by atoms with Crippen molar-refractivity contribution in [3.8, 4) is 0 Å². The largest absolute Gasteiger partial charge is 0.462 e. The smallest absolute Gasteiger partial charge is 0.338 e. The standard InChI is InChI=1S/C15H20N2O2/c1-4-19-15(18)11-5-6-14-13(9-11)12(10-16-14)7-8-17(2)3/h5-6,9-10,16H,4,7-8H2,1-3H3. The number of likely N-dealkylation sites (N-methyl/N-ethyl adjacent to an activating group) is 1. The van der Waals surface area contributed by atoms with E-state index in [1.165, 1.54) is 5.56 Å². The molecule has 0 aliphatic carbocycles. The van der Waals surface area contributed by atoms with E-state index in [1.54, 1.807) is 6.07 Å². The minimum atomic E-state index is -0.260. The van der Waals surface area contributed by atoms with Gasteiger partial charge < -0.3 is 14.6 Å². The highest BCUT2D eigenvalue weighted by Crippen LogP contribution is 2.21. The molecule has 1 aromatic carbocycles. The van der Waals surface area contributed by atoms with Gasteiger partial charge in [-0.25, -0.2) is 4.79 Å². The third kappa shape index (κ3) is 3.15. The summed E-state index contributed by atoms with van der Waals surface area (Å²) in [5.41, 5.74) is 2.90. The van der Waals surface area contributed by atoms with Gasteiger partial charge in [0, 0.05) is 23.6 Å². The molecule has 0 saturated heterocycles. The van der Waals surface area contributed by atoms with Gasteiger partial charge in [0.25, 0.3) is 0 Å². The van der Waals surface area contributed by atoms with Crippen LogP contribution in [0.2, 0.25) is 0 Å². The summed E-state index contributed by atoms with van der Waals surface area (Å²) >= 11 is 0. The Bertz CT molecular complexity index is 573. The molecule has 1 heterocycles. The first-order chi connectivity index (χ1) is 9.11. The second-order valence-electron chi connectivity index (χ2n) is 4.85. The monoisotopic (exact) mass is 260 g/mol. The molecule has 1 aromatic heterocycles. The van der Waals surface area contributed by atoms with Crippen molar-refractivity contribution >= 4 is 16.9 Å². The Labute approximate surface area is 113 Å². The van der Waals surface area contributed by atoms with Gasteiger partial charge in [0.15, 0.2) is 0 Å². The molecule has 0 fully saturated rings. The summed E-state index contributed by atoms with van der Waals surface area (Å²) in [6.45, 7) is 3.20. The van der Waals surface area contributed by atoms with Crippen molar-refractivity contribution in [2.75, 3.05) is 27.2 Å². The summed E-state index contributed by atoms with van der Waals surface area (Å²) in [7, 11) is 4.11. The third-order valence-corrected chi connectivity index (χ3v) is 3.11. The fraction of sp³-hybridized carbons (Fsp3) is 0.400. The number of hydrogen-bond donors (Lipinski definition) is 1. The van der Waals surface area contributed by atoms with E-state index < -0.39 is 0 Å². The van der Waals surface area contributed by atoms with Crippen LogP contribution in [0.5, 0.6) is 0 Å². The maximum atomic E-state index is 11.7. The normalized spacial score (nSPS) is 11.2. The van der Waals surface area contributed by atoms with Gasteiger partial charge in [0.05, 0.1) is 12.2 Å². The van der Waals surface area contributed by atoms with Crippen LogP contribution in [0.3, 0.4) is 0 Å². The predicted octanol–water partition coefficient (Wildman–Crippen LogP) is 2.45. The summed E-state index contributed by atoms with van der Waals surface area (Å²) in [5.74, 6) is -0.260. The number of rotatable bonds is 5. The Morgan fingerprint density at radius 3 is 2.84 bits per heavy atom. The first-order valence-corrected chi connectivity index (χ1v) is 6.53. The molecule has 0 unspecified atom stereocenters. The first kappa shape index (κ1) is 13.6. The molecule has 0 aliphatic rings. The van der Waals surface area contributed by atoms with Crippen LogP contribution in [0.15, 0.2) is 24.4 Å². The molecule has 2 aromatic rings. The Morgan fingerprint density at radius 2 is 2.16 bits per heavy atom. The molecule has 0 bridgehead atoms. The molecule has 0 spiro atoms. The van der Waals surface area contributed by atoms with Gasteiger partial charge >= 0.3 is 5.97 Å². The van der Waals surface area contributed by atoms with E-state index in [1.807, 2.05) is 25.3 Å². The van der Waals surface area contributed by atoms with Crippen LogP contribution in [0.25, 0.3) is 10.9 Å². The molecule has 0 radical (unpaired) electrons. The van der Waals surface area contributed by atoms with Gasteiger partial charge in [-0.15, -0.1) is 0 Å². The number of nitrogens with one attached hydrogen (secondary N) is 1. The van der Waals surface area contributed by atoms with Gasteiger partial charge in [0.1, 0.15) is 0 Å². The van der Waals surface area contributed by atoms with Crippen LogP contribution in [-0.4, -0.2) is 43.1 Å². The van der Waals surface area contributed by atoms with Crippen LogP contribution in [0.1, 0.15) is 22.8 Å². The molecule has 0 saturated carbocycles. The lowest BCUT2D eigenvalue weighted by Gasteiger charge is -2.08. The molecule has 1 N–H and O–H groups in total. The van der Waals surface area contributed by atoms with Crippen LogP contribution in [0.4, 0.5) is 0 Å². The minimum Gasteiger partial charge on any atom is -0.462 e. The molecule has 0 aliphatic heterocycles. The van der Waals surface area contributed by atoms with Crippen LogP contribution < -0.4 is 0 Å². The maximum absolute atomic E-state index is 11.7. The Kier molecular flexibility index (Phi) is 4.22. The van der Waals surface area contributed by atoms with Crippen LogP contribution in [0, 0.1) is 0 Å². The molecule has 4 heteroatoms. The van der Waals surface area contributed by atoms with Crippen molar-refractivity contribution < 1.29 is 9.53 Å². The number of H-pyrrole nitrogens is 1. The van der Waals surface area contributed by atoms with Crippen molar-refractivity contribution in [1.29, 1.82) is 0 Å². The van der Waals surface area contributed by atoms with Crippen molar-refractivity contribution in [3.05, 3.63) is 35.5 Å². The Hall–Kier alpha value is -1.81. The maximum Gasteiger partial charge on any atom is 0.338 e. The Balaban J connectivity index is 2.29. The molecule has 102 valence electrons. The van der Waals surface area contributed by atoms with E-state index in [2.05, 4.69) is 24.0 Å². The fourth-order valence-corrected chi connectivity index (χ4v) is 2.07. The van der Waals surface area contributed by atoms with Gasteiger partial charge in [0.2, 0.25) is 0 Å². The van der Waals surface area contributed by atoms with Gasteiger partial charge in [-0.05, 0) is 51.2 Å². The van der Waals surface area contributed by atoms with Crippen molar-refractivity contribution in [3.63, 3.8) is 0 Å². The molecule has 0 atom stereocenters. The summed E-state index contributed by atoms with van der Waals surface area (Å²) < 4.78 is 5.03. The van der Waals surface area contributed by atoms with Gasteiger partial charge in [-0.3, -0.25) is 0 Å². The zero-order valence-electron chi connectivity index (χ0n) is 11.7. The Morgan fingerprint density at radius 1 is 1.37 bits per heavy atom. The van der Waals surface area contributed by atoms with E-state index in [0.29, 0.717) is 12.2 Å². The fourth-order valence-electron chi connectivity index (χ4n) is 2.07. The van der Waals surface area contributed by atoms with E-state index >= 15 is 0 Å². The number of benzene rings is 1. The lowest BCUT2D eigenvalue weighted by atomic mass is 10.1. The molecule has 0 amide bonds. The van der Waals surface area contributed by atoms with Crippen molar-refractivity contribution in [2.45, 2.75) is 13.3 Å². The number of aromatic amines is 1. The number of ether oxygens (including phenoxy) is 1. The second kappa shape index (κ2) is 5.89. The first-order valence-electron chi connectivity index (χ1n) is 6.53. The topological polar surface area (TPSA) is 45.3 Å². The zero-order chi connectivity index (χ0) is 13.8. The van der Waals surface area contributed by atoms with Crippen molar-refractivity contribution in [1.82, 2.24) is 9.88 Å². The number of hydrogen-bond acceptors (Lipinski definition) is 3. The quantitative estimate of drug-likeness (QED) is 0.840. The highest BCUT2D eigenvalue weighted by molar-refractivity contribution is 5.95. The average molecular weight is 260 g/mol. The van der Waals surface area contributed by atoms with Crippen molar-refractivity contribution in [2.24, 2.45) is 0 Å². The number of nitrogens with zero attached hydrogens (tertiary/aromatic N) is 1. The number of carbonyl (C=O) groups is 1. The second-order valence-corrected chi connectivity index (χ2v) is 4.85. The highest BCUT2D eigenvalue weighted by Gasteiger charge is 2.10. The minimum absolute atomic E-state index is 0.260. The lowest BCUT2D eigenvalue weighted by molar-refractivity contribution is 0.0526. The SMILES string of the molecule is CCOC(=O)c1ccc2[nH]cc(CCN(C)C)c2c1. The summed E-state index contributed by atoms with van der Waals surface area (Å²) in [6.07, 6.45) is 2.97. The van der Waals surface area contributed by atoms with E-state index in [0.717, 1.165) is 23.9 Å². The van der Waals surface area contributed by atoms with Crippen LogP contribution in [-0.2, 0) is 11.2 Å². The van der Waals surface area contributed by atoms with Gasteiger partial charge in [-0.2, -0.15) is 0 Å². The third-order valence-electron chi connectivity index (χ3n) is 3.11. The number of esters is 1. The zero-order valence-corrected chi connectivity index (χ0v) is 11.7. The van der Waals surface area contributed by atoms with E-state index in [9.17, 15) is 4.79 Å². The summed E-state index contributed by atoms with van der Waals surface area (Å²) in [5, 5.41) is 1.10. The van der Waals surface area contributed by atoms with Gasteiger partial charge in [-0.1, -0.05) is 0 Å². The molecule has 2 rings (SSSR count).